The molecule has 12 heteroatoms. The summed E-state index contributed by atoms with van der Waals surface area (Å²) in [5, 5.41) is 2.36. The summed E-state index contributed by atoms with van der Waals surface area (Å²) in [6.07, 6.45) is 0.840. The van der Waals surface area contributed by atoms with Crippen LogP contribution >= 0.6 is 15.9 Å². The van der Waals surface area contributed by atoms with Crippen molar-refractivity contribution >= 4 is 33.7 Å². The molecular weight excluding hydrogens is 459 g/mol. The molecule has 0 saturated carbocycles. The van der Waals surface area contributed by atoms with Crippen LogP contribution in [0, 0.1) is 29.1 Å². The molecule has 0 atom stereocenters. The van der Waals surface area contributed by atoms with Gasteiger partial charge in [-0.2, -0.15) is 8.78 Å². The largest absolute Gasteiger partial charge is 0.419 e. The van der Waals surface area contributed by atoms with Crippen molar-refractivity contribution in [3.8, 4) is 5.75 Å². The molecular formula is C16H16BrF5N2O4. The van der Waals surface area contributed by atoms with Gasteiger partial charge in [-0.25, -0.2) is 18.0 Å². The summed E-state index contributed by atoms with van der Waals surface area (Å²) in [5.74, 6) is -15.4. The molecule has 0 heterocycles. The zero-order valence-corrected chi connectivity index (χ0v) is 16.2. The number of hydrogen-bond acceptors (Lipinski definition) is 4. The first kappa shape index (κ1) is 23.8. The molecule has 2 amide bonds. The molecule has 0 fully saturated rings. The summed E-state index contributed by atoms with van der Waals surface area (Å²) >= 11 is 2.90. The van der Waals surface area contributed by atoms with Crippen LogP contribution in [0.5, 0.6) is 5.75 Å². The highest BCUT2D eigenvalue weighted by atomic mass is 79.9. The average molecular weight is 475 g/mol. The van der Waals surface area contributed by atoms with E-state index in [0.717, 1.165) is 4.90 Å². The number of alkyl halides is 1. The first-order chi connectivity index (χ1) is 13.1. The number of carbonyl (C=O) groups excluding carboxylic acids is 3. The van der Waals surface area contributed by atoms with Crippen molar-refractivity contribution in [3.05, 3.63) is 29.1 Å². The Balaban J connectivity index is 2.79. The van der Waals surface area contributed by atoms with E-state index in [1.165, 1.54) is 6.92 Å². The molecule has 1 aromatic carbocycles. The highest BCUT2D eigenvalue weighted by Gasteiger charge is 2.29. The van der Waals surface area contributed by atoms with Gasteiger partial charge in [-0.15, -0.1) is 0 Å². The minimum Gasteiger partial charge on any atom is -0.419 e. The maximum absolute atomic E-state index is 13.6. The monoisotopic (exact) mass is 474 g/mol. The fourth-order valence-electron chi connectivity index (χ4n) is 2.04. The third-order valence-electron chi connectivity index (χ3n) is 3.40. The fraction of sp³-hybridized carbons (Fsp3) is 0.438. The molecule has 0 aliphatic carbocycles. The van der Waals surface area contributed by atoms with Gasteiger partial charge >= 0.3 is 5.97 Å². The van der Waals surface area contributed by atoms with Crippen molar-refractivity contribution in [1.82, 2.24) is 10.2 Å². The summed E-state index contributed by atoms with van der Waals surface area (Å²) in [7, 11) is 0. The van der Waals surface area contributed by atoms with Gasteiger partial charge in [0.15, 0.2) is 0 Å². The molecule has 0 spiro atoms. The summed E-state index contributed by atoms with van der Waals surface area (Å²) in [4.78, 5) is 35.5. The van der Waals surface area contributed by atoms with Gasteiger partial charge < -0.3 is 15.0 Å². The lowest BCUT2D eigenvalue weighted by Gasteiger charge is -2.21. The Labute approximate surface area is 165 Å². The molecule has 1 aromatic rings. The summed E-state index contributed by atoms with van der Waals surface area (Å²) in [5.41, 5.74) is 0. The lowest BCUT2D eigenvalue weighted by Crippen LogP contribution is -2.39. The van der Waals surface area contributed by atoms with E-state index in [9.17, 15) is 36.3 Å². The molecule has 0 aromatic heterocycles. The van der Waals surface area contributed by atoms with Crippen LogP contribution in [0.2, 0.25) is 0 Å². The lowest BCUT2D eigenvalue weighted by atomic mass is 10.2. The maximum atomic E-state index is 13.6. The minimum atomic E-state index is -2.38. The number of benzene rings is 1. The lowest BCUT2D eigenvalue weighted by molar-refractivity contribution is -0.141. The van der Waals surface area contributed by atoms with Crippen LogP contribution in [-0.2, 0) is 14.4 Å². The van der Waals surface area contributed by atoms with Crippen LogP contribution in [0.25, 0.3) is 0 Å². The van der Waals surface area contributed by atoms with E-state index in [1.807, 2.05) is 0 Å². The van der Waals surface area contributed by atoms with Gasteiger partial charge in [-0.3, -0.25) is 9.59 Å². The van der Waals surface area contributed by atoms with Crippen LogP contribution in [0.1, 0.15) is 19.8 Å². The minimum absolute atomic E-state index is 0.0379. The molecule has 0 aliphatic rings. The van der Waals surface area contributed by atoms with Crippen molar-refractivity contribution < 1.29 is 41.1 Å². The topological polar surface area (TPSA) is 75.7 Å². The molecule has 0 radical (unpaired) electrons. The number of hydrogen-bond donors (Lipinski definition) is 1. The van der Waals surface area contributed by atoms with Gasteiger partial charge in [0.05, 0.1) is 5.33 Å². The zero-order valence-electron chi connectivity index (χ0n) is 14.6. The standard InChI is InChI=1S/C16H16BrF5N2O4/c1-8(25)23-4-2-3-5-24(9(26)6-17)7-10(27)28-16-14(21)12(19)11(18)13(20)15(16)22/h2-7H2,1H3,(H,23,25). The van der Waals surface area contributed by atoms with E-state index in [4.69, 9.17) is 0 Å². The van der Waals surface area contributed by atoms with E-state index < -0.39 is 53.3 Å². The van der Waals surface area contributed by atoms with Crippen LogP contribution in [0.4, 0.5) is 22.0 Å². The third kappa shape index (κ3) is 6.43. The van der Waals surface area contributed by atoms with Crippen molar-refractivity contribution in [2.45, 2.75) is 19.8 Å². The maximum Gasteiger partial charge on any atom is 0.331 e. The molecule has 1 N–H and O–H groups in total. The second-order valence-corrected chi connectivity index (χ2v) is 6.07. The number of halogens is 6. The molecule has 0 bridgehead atoms. The Morgan fingerprint density at radius 3 is 2.00 bits per heavy atom. The smallest absolute Gasteiger partial charge is 0.331 e. The predicted molar refractivity (Wildman–Crippen MR) is 90.2 cm³/mol. The number of unbranched alkanes of at least 4 members (excludes halogenated alkanes) is 1. The average Bonchev–Trinajstić information content (AvgIpc) is 2.66. The van der Waals surface area contributed by atoms with Crippen molar-refractivity contribution in [3.63, 3.8) is 0 Å². The Morgan fingerprint density at radius 1 is 0.964 bits per heavy atom. The van der Waals surface area contributed by atoms with Gasteiger partial charge in [0.2, 0.25) is 46.6 Å². The van der Waals surface area contributed by atoms with E-state index in [-0.39, 0.29) is 17.8 Å². The van der Waals surface area contributed by atoms with Crippen LogP contribution < -0.4 is 10.1 Å². The van der Waals surface area contributed by atoms with Gasteiger partial charge in [0.1, 0.15) is 6.54 Å². The molecule has 28 heavy (non-hydrogen) atoms. The van der Waals surface area contributed by atoms with Gasteiger partial charge in [0, 0.05) is 20.0 Å². The first-order valence-corrected chi connectivity index (χ1v) is 9.02. The Bertz CT molecular complexity index is 734. The predicted octanol–water partition coefficient (Wildman–Crippen LogP) is 2.43. The Hall–Kier alpha value is -2.24. The Kier molecular flexibility index (Phi) is 9.29. The highest BCUT2D eigenvalue weighted by molar-refractivity contribution is 9.09. The molecule has 0 saturated heterocycles. The quantitative estimate of drug-likeness (QED) is 0.113. The van der Waals surface area contributed by atoms with E-state index in [2.05, 4.69) is 26.0 Å². The molecule has 6 nitrogen and oxygen atoms in total. The third-order valence-corrected chi connectivity index (χ3v) is 3.88. The van der Waals surface area contributed by atoms with Crippen LogP contribution in [0.15, 0.2) is 0 Å². The van der Waals surface area contributed by atoms with E-state index in [1.54, 1.807) is 0 Å². The molecule has 0 aliphatic heterocycles. The molecule has 156 valence electrons. The van der Waals surface area contributed by atoms with Crippen LogP contribution in [0.3, 0.4) is 0 Å². The SMILES string of the molecule is CC(=O)NCCCCN(CC(=O)Oc1c(F)c(F)c(F)c(F)c1F)C(=O)CBr. The van der Waals surface area contributed by atoms with Gasteiger partial charge in [-0.1, -0.05) is 15.9 Å². The summed E-state index contributed by atoms with van der Waals surface area (Å²) < 4.78 is 70.7. The zero-order chi connectivity index (χ0) is 21.4. The summed E-state index contributed by atoms with van der Waals surface area (Å²) in [6.45, 7) is 0.928. The number of ether oxygens (including phenoxy) is 1. The molecule has 1 rings (SSSR count). The van der Waals surface area contributed by atoms with E-state index >= 15 is 0 Å². The van der Waals surface area contributed by atoms with E-state index in [0.29, 0.717) is 19.4 Å². The highest BCUT2D eigenvalue weighted by Crippen LogP contribution is 2.29. The number of esters is 1. The van der Waals surface area contributed by atoms with Crippen molar-refractivity contribution in [2.24, 2.45) is 0 Å². The molecule has 0 unspecified atom stereocenters. The number of amides is 2. The second kappa shape index (κ2) is 10.9. The number of carbonyl (C=O) groups is 3. The van der Waals surface area contributed by atoms with Gasteiger partial charge in [-0.05, 0) is 12.8 Å². The fourth-order valence-corrected chi connectivity index (χ4v) is 2.40. The first-order valence-electron chi connectivity index (χ1n) is 7.90. The Morgan fingerprint density at radius 2 is 1.50 bits per heavy atom. The van der Waals surface area contributed by atoms with Crippen molar-refractivity contribution in [2.75, 3.05) is 25.0 Å². The van der Waals surface area contributed by atoms with Crippen molar-refractivity contribution in [1.29, 1.82) is 0 Å². The van der Waals surface area contributed by atoms with Crippen LogP contribution in [-0.4, -0.2) is 47.6 Å². The summed E-state index contributed by atoms with van der Waals surface area (Å²) in [6, 6.07) is 0. The normalized spacial score (nSPS) is 10.5. The number of nitrogens with zero attached hydrogens (tertiary/aromatic N) is 1. The number of nitrogens with one attached hydrogen (secondary N) is 1. The number of rotatable bonds is 9. The van der Waals surface area contributed by atoms with Gasteiger partial charge in [0.25, 0.3) is 0 Å². The second-order valence-electron chi connectivity index (χ2n) is 5.51.